The SMILES string of the molecule is CC1CCC(C2CCC(C3CCC(C4CCC(C)C(C)C4C)C(C)C3C)CC2)CC1. The van der Waals surface area contributed by atoms with E-state index in [-0.39, 0.29) is 0 Å². The predicted octanol–water partition coefficient (Wildman–Crippen LogP) is 9.24. The molecule has 0 aromatic rings. The van der Waals surface area contributed by atoms with Crippen molar-refractivity contribution in [3.05, 3.63) is 0 Å². The third-order valence-electron chi connectivity index (χ3n) is 12.1. The van der Waals surface area contributed by atoms with E-state index < -0.39 is 0 Å². The monoisotopic (exact) mass is 414 g/mol. The van der Waals surface area contributed by atoms with Crippen molar-refractivity contribution in [2.75, 3.05) is 0 Å². The highest BCUT2D eigenvalue weighted by Gasteiger charge is 2.45. The highest BCUT2D eigenvalue weighted by Crippen LogP contribution is 2.53. The summed E-state index contributed by atoms with van der Waals surface area (Å²) < 4.78 is 0. The van der Waals surface area contributed by atoms with Crippen LogP contribution in [-0.2, 0) is 0 Å². The van der Waals surface area contributed by atoms with Gasteiger partial charge < -0.3 is 0 Å². The molecule has 30 heavy (non-hydrogen) atoms. The molecule has 0 N–H and O–H groups in total. The Hall–Kier alpha value is 0. The maximum atomic E-state index is 2.66. The van der Waals surface area contributed by atoms with Crippen LogP contribution in [0.3, 0.4) is 0 Å². The Morgan fingerprint density at radius 3 is 1.33 bits per heavy atom. The second-order valence-corrected chi connectivity index (χ2v) is 13.3. The fraction of sp³-hybridized carbons (Fsp3) is 1.00. The molecule has 0 aromatic carbocycles. The molecule has 174 valence electrons. The zero-order chi connectivity index (χ0) is 21.4. The smallest absolute Gasteiger partial charge is 0.0355 e. The van der Waals surface area contributed by atoms with Crippen LogP contribution in [0, 0.1) is 71.0 Å². The lowest BCUT2D eigenvalue weighted by molar-refractivity contribution is -0.0166. The molecule has 4 aliphatic carbocycles. The molecule has 0 amide bonds. The Morgan fingerprint density at radius 2 is 0.733 bits per heavy atom. The van der Waals surface area contributed by atoms with Gasteiger partial charge in [0.05, 0.1) is 0 Å². The van der Waals surface area contributed by atoms with Crippen molar-refractivity contribution in [2.45, 2.75) is 119 Å². The first kappa shape index (κ1) is 23.2. The van der Waals surface area contributed by atoms with Gasteiger partial charge in [-0.15, -0.1) is 0 Å². The fourth-order valence-electron chi connectivity index (χ4n) is 9.25. The van der Waals surface area contributed by atoms with Crippen molar-refractivity contribution < 1.29 is 0 Å². The first-order chi connectivity index (χ1) is 14.4. The molecular formula is C30H54. The van der Waals surface area contributed by atoms with Crippen LogP contribution in [-0.4, -0.2) is 0 Å². The van der Waals surface area contributed by atoms with Crippen LogP contribution in [0.1, 0.15) is 119 Å². The third-order valence-corrected chi connectivity index (χ3v) is 12.1. The van der Waals surface area contributed by atoms with Gasteiger partial charge in [-0.05, 0) is 129 Å². The van der Waals surface area contributed by atoms with Gasteiger partial charge in [0, 0.05) is 0 Å². The Morgan fingerprint density at radius 1 is 0.333 bits per heavy atom. The number of rotatable bonds is 3. The van der Waals surface area contributed by atoms with E-state index in [9.17, 15) is 0 Å². The zero-order valence-electron chi connectivity index (χ0n) is 21.4. The Labute approximate surface area is 189 Å². The second-order valence-electron chi connectivity index (χ2n) is 13.3. The predicted molar refractivity (Wildman–Crippen MR) is 131 cm³/mol. The van der Waals surface area contributed by atoms with E-state index in [2.05, 4.69) is 41.5 Å². The maximum Gasteiger partial charge on any atom is -0.0355 e. The Bertz CT molecular complexity index is 520. The van der Waals surface area contributed by atoms with E-state index in [4.69, 9.17) is 0 Å². The number of hydrogen-bond donors (Lipinski definition) is 0. The molecule has 0 heteroatoms. The van der Waals surface area contributed by atoms with Crippen LogP contribution in [0.2, 0.25) is 0 Å². The summed E-state index contributed by atoms with van der Waals surface area (Å²) in [7, 11) is 0. The Kier molecular flexibility index (Phi) is 7.62. The fourth-order valence-corrected chi connectivity index (χ4v) is 9.25. The lowest BCUT2D eigenvalue weighted by Gasteiger charge is -2.51. The molecule has 0 nitrogen and oxygen atoms in total. The van der Waals surface area contributed by atoms with E-state index in [1.165, 1.54) is 25.7 Å². The number of hydrogen-bond acceptors (Lipinski definition) is 0. The van der Waals surface area contributed by atoms with E-state index >= 15 is 0 Å². The first-order valence-corrected chi connectivity index (χ1v) is 14.4. The minimum atomic E-state index is 0.932. The van der Waals surface area contributed by atoms with Crippen LogP contribution >= 0.6 is 0 Å². The molecule has 4 aliphatic rings. The summed E-state index contributed by atoms with van der Waals surface area (Å²) in [5.74, 6) is 12.1. The standard InChI is InChI=1S/C30H54/c1-19-7-10-25(11-8-19)26-12-14-27(15-13-26)28-17-18-30(24(6)23(28)5)29-16-9-20(2)21(3)22(29)4/h19-30H,7-18H2,1-6H3. The molecule has 8 unspecified atom stereocenters. The lowest BCUT2D eigenvalue weighted by Crippen LogP contribution is -2.43. The average molecular weight is 415 g/mol. The van der Waals surface area contributed by atoms with Crippen LogP contribution in [0.25, 0.3) is 0 Å². The topological polar surface area (TPSA) is 0 Å². The van der Waals surface area contributed by atoms with Gasteiger partial charge in [0.25, 0.3) is 0 Å². The van der Waals surface area contributed by atoms with Gasteiger partial charge in [0.1, 0.15) is 0 Å². The van der Waals surface area contributed by atoms with Gasteiger partial charge >= 0.3 is 0 Å². The molecule has 4 saturated carbocycles. The maximum absolute atomic E-state index is 2.66. The van der Waals surface area contributed by atoms with Crippen molar-refractivity contribution in [1.29, 1.82) is 0 Å². The average Bonchev–Trinajstić information content (AvgIpc) is 2.75. The minimum absolute atomic E-state index is 0.932. The van der Waals surface area contributed by atoms with Crippen LogP contribution in [0.5, 0.6) is 0 Å². The molecule has 8 atom stereocenters. The lowest BCUT2D eigenvalue weighted by atomic mass is 9.54. The molecule has 0 aromatic heterocycles. The summed E-state index contributed by atoms with van der Waals surface area (Å²) in [6, 6.07) is 0. The molecule has 0 spiro atoms. The summed E-state index contributed by atoms with van der Waals surface area (Å²) in [6.45, 7) is 15.4. The molecule has 0 radical (unpaired) electrons. The largest absolute Gasteiger partial charge is 0.0625 e. The first-order valence-electron chi connectivity index (χ1n) is 14.4. The van der Waals surface area contributed by atoms with Crippen LogP contribution in [0.4, 0.5) is 0 Å². The quantitative estimate of drug-likeness (QED) is 0.431. The van der Waals surface area contributed by atoms with Gasteiger partial charge in [0.15, 0.2) is 0 Å². The summed E-state index contributed by atoms with van der Waals surface area (Å²) >= 11 is 0. The highest BCUT2D eigenvalue weighted by molar-refractivity contribution is 4.94. The summed E-state index contributed by atoms with van der Waals surface area (Å²) in [5, 5.41) is 0. The van der Waals surface area contributed by atoms with E-state index in [1.54, 1.807) is 51.4 Å². The third kappa shape index (κ3) is 4.69. The molecule has 0 heterocycles. The van der Waals surface area contributed by atoms with Gasteiger partial charge in [-0.3, -0.25) is 0 Å². The zero-order valence-corrected chi connectivity index (χ0v) is 21.4. The summed E-state index contributed by atoms with van der Waals surface area (Å²) in [4.78, 5) is 0. The van der Waals surface area contributed by atoms with E-state index in [0.717, 1.165) is 71.0 Å². The van der Waals surface area contributed by atoms with Gasteiger partial charge in [-0.2, -0.15) is 0 Å². The molecule has 4 fully saturated rings. The van der Waals surface area contributed by atoms with Gasteiger partial charge in [-0.1, -0.05) is 60.8 Å². The van der Waals surface area contributed by atoms with Crippen molar-refractivity contribution in [1.82, 2.24) is 0 Å². The molecule has 0 bridgehead atoms. The summed E-state index contributed by atoms with van der Waals surface area (Å²) in [5.41, 5.74) is 0. The molecule has 0 saturated heterocycles. The minimum Gasteiger partial charge on any atom is -0.0625 e. The van der Waals surface area contributed by atoms with E-state index in [0.29, 0.717) is 0 Å². The second kappa shape index (κ2) is 9.87. The van der Waals surface area contributed by atoms with Crippen molar-refractivity contribution in [3.8, 4) is 0 Å². The van der Waals surface area contributed by atoms with Crippen molar-refractivity contribution >= 4 is 0 Å². The van der Waals surface area contributed by atoms with Crippen LogP contribution in [0.15, 0.2) is 0 Å². The van der Waals surface area contributed by atoms with Crippen molar-refractivity contribution in [3.63, 3.8) is 0 Å². The van der Waals surface area contributed by atoms with E-state index in [1.807, 2.05) is 0 Å². The van der Waals surface area contributed by atoms with Crippen molar-refractivity contribution in [2.24, 2.45) is 71.0 Å². The molecule has 0 aliphatic heterocycles. The Balaban J connectivity index is 1.30. The molecule has 4 rings (SSSR count). The molecular weight excluding hydrogens is 360 g/mol. The summed E-state index contributed by atoms with van der Waals surface area (Å²) in [6.07, 6.45) is 18.5. The van der Waals surface area contributed by atoms with Crippen LogP contribution < -0.4 is 0 Å². The van der Waals surface area contributed by atoms with Gasteiger partial charge in [-0.25, -0.2) is 0 Å². The normalized spacial score (nSPS) is 53.4. The highest BCUT2D eigenvalue weighted by atomic mass is 14.5. The van der Waals surface area contributed by atoms with Gasteiger partial charge in [0.2, 0.25) is 0 Å².